The molecule has 0 aromatic carbocycles. The number of aromatic nitrogens is 1. The monoisotopic (exact) mass is 248 g/mol. The Hall–Kier alpha value is -0.510. The summed E-state index contributed by atoms with van der Waals surface area (Å²) in [6.07, 6.45) is 2.50. The fraction of sp³-hybridized carbons (Fsp3) is 0.500. The highest BCUT2D eigenvalue weighted by molar-refractivity contribution is 6.32. The third kappa shape index (κ3) is 4.69. The maximum absolute atomic E-state index is 5.97. The first-order valence-corrected chi connectivity index (χ1v) is 5.53. The molecule has 0 amide bonds. The van der Waals surface area contributed by atoms with Gasteiger partial charge in [-0.2, -0.15) is 0 Å². The lowest BCUT2D eigenvalue weighted by Gasteiger charge is -2.10. The van der Waals surface area contributed by atoms with Gasteiger partial charge in [0, 0.05) is 19.9 Å². The van der Waals surface area contributed by atoms with E-state index < -0.39 is 0 Å². The topological polar surface area (TPSA) is 34.1 Å². The number of pyridine rings is 1. The van der Waals surface area contributed by atoms with E-state index in [4.69, 9.17) is 27.9 Å². The van der Waals surface area contributed by atoms with Crippen LogP contribution in [0.4, 0.5) is 5.82 Å². The minimum atomic E-state index is 0.0185. The number of alkyl halides is 1. The van der Waals surface area contributed by atoms with E-state index in [1.807, 2.05) is 0 Å². The molecule has 15 heavy (non-hydrogen) atoms. The molecular formula is C10H14Cl2N2O. The largest absolute Gasteiger partial charge is 0.383 e. The second kappa shape index (κ2) is 6.88. The van der Waals surface area contributed by atoms with Crippen LogP contribution in [-0.2, 0) is 4.74 Å². The van der Waals surface area contributed by atoms with Crippen LogP contribution >= 0.6 is 23.2 Å². The maximum Gasteiger partial charge on any atom is 0.144 e. The average Bonchev–Trinajstić information content (AvgIpc) is 2.21. The lowest BCUT2D eigenvalue weighted by atomic mass is 10.3. The molecule has 0 radical (unpaired) electrons. The van der Waals surface area contributed by atoms with E-state index in [9.17, 15) is 0 Å². The summed E-state index contributed by atoms with van der Waals surface area (Å²) < 4.78 is 4.93. The summed E-state index contributed by atoms with van der Waals surface area (Å²) in [7, 11) is 1.64. The summed E-state index contributed by atoms with van der Waals surface area (Å²) in [6.45, 7) is 1.29. The van der Waals surface area contributed by atoms with E-state index in [0.717, 1.165) is 13.0 Å². The number of halogens is 2. The zero-order valence-corrected chi connectivity index (χ0v) is 10.1. The van der Waals surface area contributed by atoms with Gasteiger partial charge < -0.3 is 10.1 Å². The lowest BCUT2D eigenvalue weighted by molar-refractivity contribution is 0.196. The van der Waals surface area contributed by atoms with E-state index in [1.165, 1.54) is 0 Å². The van der Waals surface area contributed by atoms with Crippen LogP contribution in [0.2, 0.25) is 5.02 Å². The van der Waals surface area contributed by atoms with Crippen molar-refractivity contribution in [3.05, 3.63) is 23.4 Å². The van der Waals surface area contributed by atoms with Crippen molar-refractivity contribution in [3.8, 4) is 0 Å². The molecule has 1 aromatic heterocycles. The van der Waals surface area contributed by atoms with Gasteiger partial charge in [0.05, 0.1) is 17.0 Å². The molecule has 1 N–H and O–H groups in total. The summed E-state index contributed by atoms with van der Waals surface area (Å²) in [5.41, 5.74) is 0. The van der Waals surface area contributed by atoms with Gasteiger partial charge in [0.2, 0.25) is 0 Å². The van der Waals surface area contributed by atoms with Crippen molar-refractivity contribution in [2.45, 2.75) is 11.8 Å². The number of ether oxygens (including phenoxy) is 1. The Balaban J connectivity index is 2.29. The summed E-state index contributed by atoms with van der Waals surface area (Å²) in [4.78, 5) is 4.10. The molecule has 0 saturated carbocycles. The standard InChI is InChI=1S/C10H14Cl2N2O/c1-15-7-8(11)4-6-14-10-9(12)3-2-5-13-10/h2-3,5,8H,4,6-7H2,1H3,(H,13,14). The Kier molecular flexibility index (Phi) is 5.76. The van der Waals surface area contributed by atoms with Gasteiger partial charge in [-0.3, -0.25) is 0 Å². The maximum atomic E-state index is 5.97. The third-order valence-electron chi connectivity index (χ3n) is 1.86. The Bertz CT molecular complexity index is 297. The van der Waals surface area contributed by atoms with Crippen molar-refractivity contribution in [2.75, 3.05) is 25.6 Å². The molecular weight excluding hydrogens is 235 g/mol. The second-order valence-electron chi connectivity index (χ2n) is 3.10. The Morgan fingerprint density at radius 2 is 2.40 bits per heavy atom. The molecule has 1 aromatic rings. The first-order chi connectivity index (χ1) is 7.24. The highest BCUT2D eigenvalue weighted by Crippen LogP contribution is 2.17. The third-order valence-corrected chi connectivity index (χ3v) is 2.51. The van der Waals surface area contributed by atoms with Crippen LogP contribution in [0.3, 0.4) is 0 Å². The van der Waals surface area contributed by atoms with Gasteiger partial charge in [0.15, 0.2) is 0 Å². The van der Waals surface area contributed by atoms with E-state index in [2.05, 4.69) is 10.3 Å². The van der Waals surface area contributed by atoms with E-state index in [1.54, 1.807) is 25.4 Å². The van der Waals surface area contributed by atoms with Gasteiger partial charge in [-0.1, -0.05) is 11.6 Å². The number of hydrogen-bond acceptors (Lipinski definition) is 3. The van der Waals surface area contributed by atoms with Crippen LogP contribution in [0, 0.1) is 0 Å². The fourth-order valence-electron chi connectivity index (χ4n) is 1.13. The van der Waals surface area contributed by atoms with E-state index in [-0.39, 0.29) is 5.38 Å². The van der Waals surface area contributed by atoms with Crippen LogP contribution < -0.4 is 5.32 Å². The average molecular weight is 249 g/mol. The summed E-state index contributed by atoms with van der Waals surface area (Å²) in [5, 5.41) is 3.76. The van der Waals surface area contributed by atoms with Gasteiger partial charge in [-0.15, -0.1) is 11.6 Å². The minimum Gasteiger partial charge on any atom is -0.383 e. The zero-order valence-electron chi connectivity index (χ0n) is 8.54. The Morgan fingerprint density at radius 1 is 1.60 bits per heavy atom. The molecule has 5 heteroatoms. The van der Waals surface area contributed by atoms with Gasteiger partial charge in [-0.25, -0.2) is 4.98 Å². The fourth-order valence-corrected chi connectivity index (χ4v) is 1.55. The predicted molar refractivity (Wildman–Crippen MR) is 63.9 cm³/mol. The van der Waals surface area contributed by atoms with Crippen molar-refractivity contribution < 1.29 is 4.74 Å². The summed E-state index contributed by atoms with van der Waals surface area (Å²) in [6, 6.07) is 3.59. The minimum absolute atomic E-state index is 0.0185. The van der Waals surface area contributed by atoms with Crippen LogP contribution in [0.5, 0.6) is 0 Å². The van der Waals surface area contributed by atoms with Crippen molar-refractivity contribution in [1.29, 1.82) is 0 Å². The smallest absolute Gasteiger partial charge is 0.144 e. The molecule has 1 unspecified atom stereocenters. The molecule has 0 aliphatic heterocycles. The zero-order chi connectivity index (χ0) is 11.1. The van der Waals surface area contributed by atoms with Crippen molar-refractivity contribution in [2.24, 2.45) is 0 Å². The SMILES string of the molecule is COCC(Cl)CCNc1ncccc1Cl. The quantitative estimate of drug-likeness (QED) is 0.787. The molecule has 84 valence electrons. The van der Waals surface area contributed by atoms with Crippen LogP contribution in [0.25, 0.3) is 0 Å². The van der Waals surface area contributed by atoms with Gasteiger partial charge >= 0.3 is 0 Å². The van der Waals surface area contributed by atoms with Crippen molar-refractivity contribution >= 4 is 29.0 Å². The molecule has 1 rings (SSSR count). The first kappa shape index (κ1) is 12.6. The van der Waals surface area contributed by atoms with E-state index in [0.29, 0.717) is 17.4 Å². The highest BCUT2D eigenvalue weighted by atomic mass is 35.5. The number of methoxy groups -OCH3 is 1. The van der Waals surface area contributed by atoms with Gasteiger partial charge in [0.25, 0.3) is 0 Å². The number of rotatable bonds is 6. The highest BCUT2D eigenvalue weighted by Gasteiger charge is 2.04. The predicted octanol–water partition coefficient (Wildman–Crippen LogP) is 2.79. The van der Waals surface area contributed by atoms with Gasteiger partial charge in [-0.05, 0) is 18.6 Å². The Labute approximate surface area is 99.7 Å². The molecule has 3 nitrogen and oxygen atoms in total. The van der Waals surface area contributed by atoms with E-state index >= 15 is 0 Å². The molecule has 1 atom stereocenters. The first-order valence-electron chi connectivity index (χ1n) is 4.71. The lowest BCUT2D eigenvalue weighted by Crippen LogP contribution is -2.14. The normalized spacial score (nSPS) is 12.5. The van der Waals surface area contributed by atoms with Crippen LogP contribution in [0.15, 0.2) is 18.3 Å². The molecule has 0 aliphatic rings. The molecule has 0 fully saturated rings. The second-order valence-corrected chi connectivity index (χ2v) is 4.13. The molecule has 0 bridgehead atoms. The molecule has 0 saturated heterocycles. The number of nitrogens with zero attached hydrogens (tertiary/aromatic N) is 1. The number of anilines is 1. The molecule has 0 spiro atoms. The van der Waals surface area contributed by atoms with Crippen molar-refractivity contribution in [3.63, 3.8) is 0 Å². The number of nitrogens with one attached hydrogen (secondary N) is 1. The molecule has 0 aliphatic carbocycles. The van der Waals surface area contributed by atoms with Crippen LogP contribution in [-0.4, -0.2) is 30.6 Å². The number of hydrogen-bond donors (Lipinski definition) is 1. The molecule has 1 heterocycles. The Morgan fingerprint density at radius 3 is 3.07 bits per heavy atom. The van der Waals surface area contributed by atoms with Crippen LogP contribution in [0.1, 0.15) is 6.42 Å². The summed E-state index contributed by atoms with van der Waals surface area (Å²) >= 11 is 11.9. The van der Waals surface area contributed by atoms with Gasteiger partial charge in [0.1, 0.15) is 5.82 Å². The van der Waals surface area contributed by atoms with Crippen molar-refractivity contribution in [1.82, 2.24) is 4.98 Å². The summed E-state index contributed by atoms with van der Waals surface area (Å²) in [5.74, 6) is 0.695.